The molecule has 0 aliphatic heterocycles. The van der Waals surface area contributed by atoms with E-state index in [9.17, 15) is 0 Å². The fourth-order valence-corrected chi connectivity index (χ4v) is 3.40. The first-order valence-electron chi connectivity index (χ1n) is 7.43. The van der Waals surface area contributed by atoms with Crippen molar-refractivity contribution < 1.29 is 9.26 Å². The highest BCUT2D eigenvalue weighted by molar-refractivity contribution is 7.16. The average molecular weight is 341 g/mol. The minimum Gasteiger partial charge on any atom is -0.497 e. The smallest absolute Gasteiger partial charge is 0.234 e. The molecule has 0 fully saturated rings. The zero-order valence-corrected chi connectivity index (χ0v) is 14.3. The lowest BCUT2D eigenvalue weighted by molar-refractivity contribution is 0.392. The maximum atomic E-state index is 5.22. The molecule has 1 aromatic carbocycles. The Morgan fingerprint density at radius 2 is 1.96 bits per heavy atom. The molecular weight excluding hydrogens is 326 g/mol. The monoisotopic (exact) mass is 341 g/mol. The normalized spacial score (nSPS) is 11.3. The number of aryl methyl sites for hydroxylation is 2. The van der Waals surface area contributed by atoms with E-state index in [1.807, 2.05) is 38.1 Å². The Balaban J connectivity index is 1.70. The Labute approximate surface area is 141 Å². The van der Waals surface area contributed by atoms with Gasteiger partial charge in [-0.3, -0.25) is 0 Å². The fraction of sp³-hybridized carbons (Fsp3) is 0.250. The van der Waals surface area contributed by atoms with Gasteiger partial charge < -0.3 is 9.26 Å². The van der Waals surface area contributed by atoms with Crippen LogP contribution < -0.4 is 4.74 Å². The second kappa shape index (κ2) is 5.72. The number of ether oxygens (including phenoxy) is 1. The van der Waals surface area contributed by atoms with Gasteiger partial charge in [-0.2, -0.15) is 9.61 Å². The van der Waals surface area contributed by atoms with E-state index in [4.69, 9.17) is 9.26 Å². The lowest BCUT2D eigenvalue weighted by atomic mass is 10.1. The standard InChI is InChI=1S/C16H15N5O2S/c1-9-13(10(2)23-20-9)8-14-19-21-15(17-18-16(21)24-14)11-4-6-12(22-3)7-5-11/h4-7H,8H2,1-3H3. The molecule has 3 heterocycles. The van der Waals surface area contributed by atoms with Gasteiger partial charge in [-0.05, 0) is 38.1 Å². The van der Waals surface area contributed by atoms with Gasteiger partial charge in [0, 0.05) is 17.5 Å². The first-order valence-corrected chi connectivity index (χ1v) is 8.24. The molecule has 8 heteroatoms. The molecule has 4 rings (SSSR count). The number of methoxy groups -OCH3 is 1. The van der Waals surface area contributed by atoms with Crippen molar-refractivity contribution in [1.29, 1.82) is 0 Å². The lowest BCUT2D eigenvalue weighted by Crippen LogP contribution is -1.95. The van der Waals surface area contributed by atoms with E-state index in [0.717, 1.165) is 38.3 Å². The van der Waals surface area contributed by atoms with Crippen LogP contribution in [-0.2, 0) is 6.42 Å². The minimum atomic E-state index is 0.678. The largest absolute Gasteiger partial charge is 0.497 e. The summed E-state index contributed by atoms with van der Waals surface area (Å²) >= 11 is 1.52. The molecule has 0 amide bonds. The van der Waals surface area contributed by atoms with Gasteiger partial charge in [0.25, 0.3) is 0 Å². The molecule has 0 atom stereocenters. The van der Waals surface area contributed by atoms with Crippen LogP contribution in [0.1, 0.15) is 22.0 Å². The molecule has 0 aliphatic rings. The quantitative estimate of drug-likeness (QED) is 0.568. The van der Waals surface area contributed by atoms with Gasteiger partial charge in [-0.25, -0.2) is 0 Å². The Bertz CT molecular complexity index is 980. The van der Waals surface area contributed by atoms with Crippen LogP contribution in [0.15, 0.2) is 28.8 Å². The van der Waals surface area contributed by atoms with Crippen molar-refractivity contribution in [2.45, 2.75) is 20.3 Å². The number of hydrogen-bond donors (Lipinski definition) is 0. The van der Waals surface area contributed by atoms with E-state index in [1.54, 1.807) is 11.6 Å². The van der Waals surface area contributed by atoms with Crippen LogP contribution in [0.25, 0.3) is 16.3 Å². The molecule has 4 aromatic rings. The van der Waals surface area contributed by atoms with E-state index in [-0.39, 0.29) is 0 Å². The molecule has 0 saturated carbocycles. The van der Waals surface area contributed by atoms with E-state index in [0.29, 0.717) is 12.2 Å². The molecule has 0 radical (unpaired) electrons. The van der Waals surface area contributed by atoms with Crippen LogP contribution in [0.3, 0.4) is 0 Å². The van der Waals surface area contributed by atoms with Crippen LogP contribution in [0.4, 0.5) is 0 Å². The molecule has 122 valence electrons. The zero-order valence-electron chi connectivity index (χ0n) is 13.5. The first kappa shape index (κ1) is 14.8. The molecule has 0 N–H and O–H groups in total. The minimum absolute atomic E-state index is 0.678. The van der Waals surface area contributed by atoms with Gasteiger partial charge in [0.1, 0.15) is 16.5 Å². The Kier molecular flexibility index (Phi) is 3.53. The van der Waals surface area contributed by atoms with Gasteiger partial charge in [0.2, 0.25) is 4.96 Å². The van der Waals surface area contributed by atoms with E-state index in [1.165, 1.54) is 11.3 Å². The van der Waals surface area contributed by atoms with Crippen molar-refractivity contribution in [3.05, 3.63) is 46.3 Å². The van der Waals surface area contributed by atoms with Crippen LogP contribution >= 0.6 is 11.3 Å². The average Bonchev–Trinajstić information content (AvgIpc) is 3.25. The van der Waals surface area contributed by atoms with E-state index < -0.39 is 0 Å². The third-order valence-corrected chi connectivity index (χ3v) is 4.79. The highest BCUT2D eigenvalue weighted by Crippen LogP contribution is 2.25. The van der Waals surface area contributed by atoms with Crippen molar-refractivity contribution in [1.82, 2.24) is 25.0 Å². The van der Waals surface area contributed by atoms with Gasteiger partial charge in [0.15, 0.2) is 5.82 Å². The molecule has 0 spiro atoms. The van der Waals surface area contributed by atoms with Crippen molar-refractivity contribution in [3.8, 4) is 17.1 Å². The van der Waals surface area contributed by atoms with Gasteiger partial charge in [0.05, 0.1) is 12.8 Å². The van der Waals surface area contributed by atoms with Gasteiger partial charge in [-0.1, -0.05) is 16.5 Å². The number of hydrogen-bond acceptors (Lipinski definition) is 7. The fourth-order valence-electron chi connectivity index (χ4n) is 2.55. The summed E-state index contributed by atoms with van der Waals surface area (Å²) in [5.74, 6) is 2.35. The molecular formula is C16H15N5O2S. The highest BCUT2D eigenvalue weighted by Gasteiger charge is 2.16. The predicted molar refractivity (Wildman–Crippen MR) is 89.4 cm³/mol. The second-order valence-corrected chi connectivity index (χ2v) is 6.46. The van der Waals surface area contributed by atoms with Crippen molar-refractivity contribution >= 4 is 16.3 Å². The summed E-state index contributed by atoms with van der Waals surface area (Å²) in [5, 5.41) is 18.1. The summed E-state index contributed by atoms with van der Waals surface area (Å²) in [6.45, 7) is 3.85. The van der Waals surface area contributed by atoms with Crippen LogP contribution in [0.2, 0.25) is 0 Å². The molecule has 0 bridgehead atoms. The summed E-state index contributed by atoms with van der Waals surface area (Å²) in [6, 6.07) is 7.69. The predicted octanol–water partition coefficient (Wildman–Crippen LogP) is 3.06. The summed E-state index contributed by atoms with van der Waals surface area (Å²) in [6.07, 6.45) is 0.678. The number of nitrogens with zero attached hydrogens (tertiary/aromatic N) is 5. The summed E-state index contributed by atoms with van der Waals surface area (Å²) in [4.78, 5) is 0.766. The maximum Gasteiger partial charge on any atom is 0.234 e. The van der Waals surface area contributed by atoms with Crippen molar-refractivity contribution in [2.24, 2.45) is 0 Å². The van der Waals surface area contributed by atoms with Crippen molar-refractivity contribution in [3.63, 3.8) is 0 Å². The first-order chi connectivity index (χ1) is 11.7. The summed E-state index contributed by atoms with van der Waals surface area (Å²) < 4.78 is 12.2. The van der Waals surface area contributed by atoms with E-state index >= 15 is 0 Å². The summed E-state index contributed by atoms with van der Waals surface area (Å²) in [7, 11) is 1.64. The maximum absolute atomic E-state index is 5.22. The van der Waals surface area contributed by atoms with Crippen LogP contribution in [-0.4, -0.2) is 32.1 Å². The molecule has 0 unspecified atom stereocenters. The lowest BCUT2D eigenvalue weighted by Gasteiger charge is -2.00. The van der Waals surface area contributed by atoms with Crippen LogP contribution in [0.5, 0.6) is 5.75 Å². The number of rotatable bonds is 4. The second-order valence-electron chi connectivity index (χ2n) is 5.42. The molecule has 0 saturated heterocycles. The number of aromatic nitrogens is 5. The number of fused-ring (bicyclic) bond motifs is 1. The van der Waals surface area contributed by atoms with Gasteiger partial charge >= 0.3 is 0 Å². The van der Waals surface area contributed by atoms with E-state index in [2.05, 4.69) is 20.5 Å². The zero-order chi connectivity index (χ0) is 16.7. The molecule has 24 heavy (non-hydrogen) atoms. The number of benzene rings is 1. The highest BCUT2D eigenvalue weighted by atomic mass is 32.1. The third kappa shape index (κ3) is 2.44. The Morgan fingerprint density at radius 1 is 1.17 bits per heavy atom. The Morgan fingerprint density at radius 3 is 2.62 bits per heavy atom. The SMILES string of the molecule is COc1ccc(-c2nnc3sc(Cc4c(C)noc4C)nn23)cc1. The Hall–Kier alpha value is -2.74. The topological polar surface area (TPSA) is 78.3 Å². The van der Waals surface area contributed by atoms with Crippen molar-refractivity contribution in [2.75, 3.05) is 7.11 Å². The third-order valence-electron chi connectivity index (χ3n) is 3.89. The van der Waals surface area contributed by atoms with Crippen LogP contribution in [0, 0.1) is 13.8 Å². The van der Waals surface area contributed by atoms with Gasteiger partial charge in [-0.15, -0.1) is 10.2 Å². The summed E-state index contributed by atoms with van der Waals surface area (Å²) in [5.41, 5.74) is 2.91. The molecule has 3 aromatic heterocycles. The molecule has 7 nitrogen and oxygen atoms in total. The molecule has 0 aliphatic carbocycles.